The molecule has 0 aliphatic heterocycles. The summed E-state index contributed by atoms with van der Waals surface area (Å²) < 4.78 is 13.8. The predicted molar refractivity (Wildman–Crippen MR) is 71.2 cm³/mol. The zero-order chi connectivity index (χ0) is 13.0. The van der Waals surface area contributed by atoms with Crippen LogP contribution in [-0.2, 0) is 0 Å². The Labute approximate surface area is 110 Å². The van der Waals surface area contributed by atoms with Crippen LogP contribution in [0.1, 0.15) is 13.3 Å². The van der Waals surface area contributed by atoms with Crippen molar-refractivity contribution in [1.29, 1.82) is 0 Å². The monoisotopic (exact) mass is 265 g/mol. The molecule has 0 radical (unpaired) electrons. The Kier molecular flexibility index (Phi) is 4.10. The minimum Gasteiger partial charge on any atom is -0.370 e. The van der Waals surface area contributed by atoms with Crippen molar-refractivity contribution in [2.75, 3.05) is 11.9 Å². The average molecular weight is 266 g/mol. The SMILES string of the molecule is CCCNc1cc(-c2ccc(Cl)cc2F)ncn1. The van der Waals surface area contributed by atoms with E-state index in [0.29, 0.717) is 22.1 Å². The van der Waals surface area contributed by atoms with Gasteiger partial charge in [-0.05, 0) is 24.6 Å². The maximum Gasteiger partial charge on any atom is 0.134 e. The van der Waals surface area contributed by atoms with E-state index < -0.39 is 0 Å². The molecule has 2 rings (SSSR count). The summed E-state index contributed by atoms with van der Waals surface area (Å²) in [6, 6.07) is 6.25. The molecule has 0 fully saturated rings. The molecule has 0 atom stereocenters. The number of rotatable bonds is 4. The first-order valence-electron chi connectivity index (χ1n) is 5.72. The molecule has 94 valence electrons. The van der Waals surface area contributed by atoms with Crippen molar-refractivity contribution in [2.45, 2.75) is 13.3 Å². The number of anilines is 1. The summed E-state index contributed by atoms with van der Waals surface area (Å²) in [6.45, 7) is 2.88. The number of hydrogen-bond donors (Lipinski definition) is 1. The lowest BCUT2D eigenvalue weighted by molar-refractivity contribution is 0.631. The van der Waals surface area contributed by atoms with Crippen LogP contribution in [0.4, 0.5) is 10.2 Å². The lowest BCUT2D eigenvalue weighted by atomic mass is 10.1. The van der Waals surface area contributed by atoms with E-state index in [2.05, 4.69) is 22.2 Å². The van der Waals surface area contributed by atoms with Gasteiger partial charge in [0.2, 0.25) is 0 Å². The van der Waals surface area contributed by atoms with Gasteiger partial charge in [-0.25, -0.2) is 14.4 Å². The van der Waals surface area contributed by atoms with Crippen molar-refractivity contribution >= 4 is 17.4 Å². The van der Waals surface area contributed by atoms with Crippen LogP contribution in [0.5, 0.6) is 0 Å². The summed E-state index contributed by atoms with van der Waals surface area (Å²) in [5.74, 6) is 0.304. The van der Waals surface area contributed by atoms with Gasteiger partial charge in [0, 0.05) is 23.2 Å². The van der Waals surface area contributed by atoms with E-state index in [0.717, 1.165) is 13.0 Å². The Hall–Kier alpha value is -1.68. The number of hydrogen-bond acceptors (Lipinski definition) is 3. The van der Waals surface area contributed by atoms with Crippen LogP contribution in [0.25, 0.3) is 11.3 Å². The third-order valence-electron chi connectivity index (χ3n) is 2.43. The largest absolute Gasteiger partial charge is 0.370 e. The Morgan fingerprint density at radius 3 is 2.83 bits per heavy atom. The predicted octanol–water partition coefficient (Wildman–Crippen LogP) is 3.76. The fourth-order valence-corrected chi connectivity index (χ4v) is 1.71. The lowest BCUT2D eigenvalue weighted by Gasteiger charge is -2.06. The second-order valence-corrected chi connectivity index (χ2v) is 4.28. The van der Waals surface area contributed by atoms with Gasteiger partial charge in [-0.15, -0.1) is 0 Å². The second kappa shape index (κ2) is 5.78. The first-order valence-corrected chi connectivity index (χ1v) is 6.10. The summed E-state index contributed by atoms with van der Waals surface area (Å²) in [7, 11) is 0. The Morgan fingerprint density at radius 1 is 1.28 bits per heavy atom. The molecule has 0 saturated heterocycles. The van der Waals surface area contributed by atoms with E-state index in [-0.39, 0.29) is 5.82 Å². The van der Waals surface area contributed by atoms with Crippen molar-refractivity contribution in [1.82, 2.24) is 9.97 Å². The van der Waals surface area contributed by atoms with Gasteiger partial charge in [0.25, 0.3) is 0 Å². The van der Waals surface area contributed by atoms with Crippen molar-refractivity contribution in [2.24, 2.45) is 0 Å². The van der Waals surface area contributed by atoms with E-state index in [9.17, 15) is 4.39 Å². The van der Waals surface area contributed by atoms with Crippen molar-refractivity contribution < 1.29 is 4.39 Å². The molecule has 1 aromatic heterocycles. The topological polar surface area (TPSA) is 37.8 Å². The molecule has 1 N–H and O–H groups in total. The highest BCUT2D eigenvalue weighted by Gasteiger charge is 2.08. The number of aromatic nitrogens is 2. The summed E-state index contributed by atoms with van der Waals surface area (Å²) in [6.07, 6.45) is 2.41. The molecule has 0 amide bonds. The van der Waals surface area contributed by atoms with E-state index in [4.69, 9.17) is 11.6 Å². The molecule has 0 saturated carbocycles. The van der Waals surface area contributed by atoms with Gasteiger partial charge in [0.05, 0.1) is 5.69 Å². The normalized spacial score (nSPS) is 10.4. The standard InChI is InChI=1S/C13H13ClFN3/c1-2-5-16-13-7-12(17-8-18-13)10-4-3-9(14)6-11(10)15/h3-4,6-8H,2,5H2,1H3,(H,16,17,18). The summed E-state index contributed by atoms with van der Waals surface area (Å²) in [4.78, 5) is 8.15. The maximum absolute atomic E-state index is 13.8. The molecule has 5 heteroatoms. The summed E-state index contributed by atoms with van der Waals surface area (Å²) in [5, 5.41) is 3.51. The van der Waals surface area contributed by atoms with E-state index >= 15 is 0 Å². The van der Waals surface area contributed by atoms with Gasteiger partial charge in [-0.2, -0.15) is 0 Å². The summed E-state index contributed by atoms with van der Waals surface area (Å²) >= 11 is 5.72. The minimum atomic E-state index is -0.386. The number of nitrogens with one attached hydrogen (secondary N) is 1. The van der Waals surface area contributed by atoms with Crippen LogP contribution in [0.3, 0.4) is 0 Å². The highest BCUT2D eigenvalue weighted by Crippen LogP contribution is 2.24. The highest BCUT2D eigenvalue weighted by atomic mass is 35.5. The number of nitrogens with zero attached hydrogens (tertiary/aromatic N) is 2. The zero-order valence-corrected chi connectivity index (χ0v) is 10.7. The van der Waals surface area contributed by atoms with Gasteiger partial charge in [0.15, 0.2) is 0 Å². The van der Waals surface area contributed by atoms with Gasteiger partial charge < -0.3 is 5.32 Å². The van der Waals surface area contributed by atoms with E-state index in [1.165, 1.54) is 12.4 Å². The third-order valence-corrected chi connectivity index (χ3v) is 2.67. The minimum absolute atomic E-state index is 0.370. The van der Waals surface area contributed by atoms with Crippen LogP contribution in [-0.4, -0.2) is 16.5 Å². The molecule has 0 spiro atoms. The van der Waals surface area contributed by atoms with E-state index in [1.54, 1.807) is 18.2 Å². The fraction of sp³-hybridized carbons (Fsp3) is 0.231. The average Bonchev–Trinajstić information content (AvgIpc) is 2.36. The first-order chi connectivity index (χ1) is 8.70. The Bertz CT molecular complexity index is 546. The number of benzene rings is 1. The van der Waals surface area contributed by atoms with Crippen LogP contribution < -0.4 is 5.32 Å². The Morgan fingerprint density at radius 2 is 2.11 bits per heavy atom. The molecular weight excluding hydrogens is 253 g/mol. The highest BCUT2D eigenvalue weighted by molar-refractivity contribution is 6.30. The quantitative estimate of drug-likeness (QED) is 0.915. The molecule has 0 bridgehead atoms. The van der Waals surface area contributed by atoms with Crippen LogP contribution in [0.15, 0.2) is 30.6 Å². The molecule has 18 heavy (non-hydrogen) atoms. The molecule has 0 unspecified atom stereocenters. The van der Waals surface area contributed by atoms with Crippen LogP contribution in [0.2, 0.25) is 5.02 Å². The summed E-state index contributed by atoms with van der Waals surface area (Å²) in [5.41, 5.74) is 0.958. The molecular formula is C13H13ClFN3. The molecule has 0 aliphatic rings. The Balaban J connectivity index is 2.32. The molecule has 1 aromatic carbocycles. The second-order valence-electron chi connectivity index (χ2n) is 3.84. The van der Waals surface area contributed by atoms with Gasteiger partial charge in [-0.1, -0.05) is 18.5 Å². The molecule has 0 aliphatic carbocycles. The molecule has 3 nitrogen and oxygen atoms in total. The van der Waals surface area contributed by atoms with Gasteiger partial charge >= 0.3 is 0 Å². The lowest BCUT2D eigenvalue weighted by Crippen LogP contribution is -2.02. The number of halogens is 2. The van der Waals surface area contributed by atoms with Crippen molar-refractivity contribution in [3.05, 3.63) is 41.4 Å². The van der Waals surface area contributed by atoms with Gasteiger partial charge in [0.1, 0.15) is 18.0 Å². The van der Waals surface area contributed by atoms with Crippen molar-refractivity contribution in [3.63, 3.8) is 0 Å². The van der Waals surface area contributed by atoms with E-state index in [1.807, 2.05) is 0 Å². The van der Waals surface area contributed by atoms with Crippen LogP contribution in [0, 0.1) is 5.82 Å². The van der Waals surface area contributed by atoms with Gasteiger partial charge in [-0.3, -0.25) is 0 Å². The fourth-order valence-electron chi connectivity index (χ4n) is 1.55. The third kappa shape index (κ3) is 2.96. The first kappa shape index (κ1) is 12.8. The molecule has 2 aromatic rings. The maximum atomic E-state index is 13.8. The van der Waals surface area contributed by atoms with Crippen LogP contribution >= 0.6 is 11.6 Å². The van der Waals surface area contributed by atoms with Crippen molar-refractivity contribution in [3.8, 4) is 11.3 Å². The molecule has 1 heterocycles. The zero-order valence-electron chi connectivity index (χ0n) is 9.95. The smallest absolute Gasteiger partial charge is 0.134 e.